The van der Waals surface area contributed by atoms with Gasteiger partial charge < -0.3 is 9.47 Å². The Bertz CT molecular complexity index is 547. The minimum Gasteiger partial charge on any atom is -0.490 e. The van der Waals surface area contributed by atoms with E-state index in [2.05, 4.69) is 26.0 Å². The molecule has 0 fully saturated rings. The molecule has 2 nitrogen and oxygen atoms in total. The maximum atomic E-state index is 5.69. The lowest BCUT2D eigenvalue weighted by atomic mass is 10.1. The van der Waals surface area contributed by atoms with E-state index in [1.54, 1.807) is 0 Å². The zero-order valence-corrected chi connectivity index (χ0v) is 11.8. The highest BCUT2D eigenvalue weighted by Gasteiger charge is 1.99. The molecule has 0 spiro atoms. The van der Waals surface area contributed by atoms with Crippen molar-refractivity contribution in [2.45, 2.75) is 20.8 Å². The van der Waals surface area contributed by atoms with Gasteiger partial charge in [0.05, 0.1) is 0 Å². The molecule has 0 unspecified atom stereocenters. The number of aryl methyl sites for hydroxylation is 3. The van der Waals surface area contributed by atoms with Gasteiger partial charge in [0.1, 0.15) is 24.7 Å². The van der Waals surface area contributed by atoms with Gasteiger partial charge in [-0.3, -0.25) is 0 Å². The van der Waals surface area contributed by atoms with Crippen LogP contribution in [0.4, 0.5) is 0 Å². The number of hydrogen-bond donors (Lipinski definition) is 0. The standard InChI is InChI=1S/C17H20O2/c1-13-8-9-16(12-15(13)3)18-10-11-19-17-7-5-4-6-14(17)2/h4-9,12H,10-11H2,1-3H3. The fourth-order valence-electron chi connectivity index (χ4n) is 1.83. The van der Waals surface area contributed by atoms with Crippen LogP contribution in [0.5, 0.6) is 11.5 Å². The predicted molar refractivity (Wildman–Crippen MR) is 78.1 cm³/mol. The molecule has 0 amide bonds. The van der Waals surface area contributed by atoms with Crippen molar-refractivity contribution in [3.8, 4) is 11.5 Å². The zero-order chi connectivity index (χ0) is 13.7. The third kappa shape index (κ3) is 3.75. The number of hydrogen-bond acceptors (Lipinski definition) is 2. The van der Waals surface area contributed by atoms with Crippen molar-refractivity contribution in [2.24, 2.45) is 0 Å². The summed E-state index contributed by atoms with van der Waals surface area (Å²) in [6, 6.07) is 14.1. The maximum absolute atomic E-state index is 5.69. The first-order valence-electron chi connectivity index (χ1n) is 6.55. The molecule has 0 aliphatic carbocycles. The summed E-state index contributed by atoms with van der Waals surface area (Å²) < 4.78 is 11.4. The van der Waals surface area contributed by atoms with E-state index in [0.29, 0.717) is 13.2 Å². The van der Waals surface area contributed by atoms with E-state index in [-0.39, 0.29) is 0 Å². The molecule has 19 heavy (non-hydrogen) atoms. The van der Waals surface area contributed by atoms with E-state index < -0.39 is 0 Å². The molecule has 0 heterocycles. The van der Waals surface area contributed by atoms with Crippen molar-refractivity contribution in [1.82, 2.24) is 0 Å². The Morgan fingerprint density at radius 2 is 1.47 bits per heavy atom. The molecule has 0 bridgehead atoms. The Kier molecular flexibility index (Phi) is 4.45. The van der Waals surface area contributed by atoms with Crippen LogP contribution in [0.1, 0.15) is 16.7 Å². The highest BCUT2D eigenvalue weighted by Crippen LogP contribution is 2.17. The summed E-state index contributed by atoms with van der Waals surface area (Å²) in [5.41, 5.74) is 3.68. The van der Waals surface area contributed by atoms with E-state index in [4.69, 9.17) is 9.47 Å². The molecule has 0 N–H and O–H groups in total. The number of para-hydroxylation sites is 1. The van der Waals surface area contributed by atoms with Gasteiger partial charge in [0.2, 0.25) is 0 Å². The zero-order valence-electron chi connectivity index (χ0n) is 11.8. The van der Waals surface area contributed by atoms with Crippen molar-refractivity contribution < 1.29 is 9.47 Å². The van der Waals surface area contributed by atoms with Crippen LogP contribution in [-0.2, 0) is 0 Å². The van der Waals surface area contributed by atoms with Gasteiger partial charge in [0.25, 0.3) is 0 Å². The smallest absolute Gasteiger partial charge is 0.122 e. The Morgan fingerprint density at radius 3 is 2.21 bits per heavy atom. The second-order valence-corrected chi connectivity index (χ2v) is 4.71. The molecule has 2 aromatic rings. The van der Waals surface area contributed by atoms with Gasteiger partial charge in [0, 0.05) is 0 Å². The Hall–Kier alpha value is -1.96. The second-order valence-electron chi connectivity index (χ2n) is 4.71. The molecule has 0 aliphatic heterocycles. The third-order valence-corrected chi connectivity index (χ3v) is 3.18. The molecule has 2 aromatic carbocycles. The molecular formula is C17H20O2. The minimum atomic E-state index is 0.552. The molecule has 2 rings (SSSR count). The second kappa shape index (κ2) is 6.28. The summed E-state index contributed by atoms with van der Waals surface area (Å²) >= 11 is 0. The lowest BCUT2D eigenvalue weighted by Gasteiger charge is -2.11. The minimum absolute atomic E-state index is 0.552. The van der Waals surface area contributed by atoms with Gasteiger partial charge in [-0.1, -0.05) is 24.3 Å². The van der Waals surface area contributed by atoms with E-state index in [1.807, 2.05) is 37.3 Å². The van der Waals surface area contributed by atoms with Crippen molar-refractivity contribution >= 4 is 0 Å². The van der Waals surface area contributed by atoms with Gasteiger partial charge >= 0.3 is 0 Å². The van der Waals surface area contributed by atoms with Gasteiger partial charge in [0.15, 0.2) is 0 Å². The van der Waals surface area contributed by atoms with Crippen LogP contribution < -0.4 is 9.47 Å². The van der Waals surface area contributed by atoms with Crippen LogP contribution in [0.2, 0.25) is 0 Å². The van der Waals surface area contributed by atoms with E-state index in [9.17, 15) is 0 Å². The highest BCUT2D eigenvalue weighted by molar-refractivity contribution is 5.34. The molecule has 2 heteroatoms. The van der Waals surface area contributed by atoms with Crippen molar-refractivity contribution in [3.05, 3.63) is 59.2 Å². The van der Waals surface area contributed by atoms with Crippen LogP contribution in [0, 0.1) is 20.8 Å². The van der Waals surface area contributed by atoms with Crippen LogP contribution in [-0.4, -0.2) is 13.2 Å². The number of ether oxygens (including phenoxy) is 2. The summed E-state index contributed by atoms with van der Waals surface area (Å²) in [4.78, 5) is 0. The summed E-state index contributed by atoms with van der Waals surface area (Å²) in [5, 5.41) is 0. The fraction of sp³-hybridized carbons (Fsp3) is 0.294. The van der Waals surface area contributed by atoms with E-state index in [1.165, 1.54) is 11.1 Å². The molecular weight excluding hydrogens is 236 g/mol. The maximum Gasteiger partial charge on any atom is 0.122 e. The normalized spacial score (nSPS) is 10.3. The van der Waals surface area contributed by atoms with E-state index in [0.717, 1.165) is 17.1 Å². The fourth-order valence-corrected chi connectivity index (χ4v) is 1.83. The van der Waals surface area contributed by atoms with Gasteiger partial charge in [-0.25, -0.2) is 0 Å². The van der Waals surface area contributed by atoms with Crippen LogP contribution in [0.15, 0.2) is 42.5 Å². The molecule has 0 radical (unpaired) electrons. The Labute approximate surface area is 115 Å². The summed E-state index contributed by atoms with van der Waals surface area (Å²) in [6.45, 7) is 7.33. The topological polar surface area (TPSA) is 18.5 Å². The van der Waals surface area contributed by atoms with Crippen molar-refractivity contribution in [3.63, 3.8) is 0 Å². The predicted octanol–water partition coefficient (Wildman–Crippen LogP) is 4.07. The summed E-state index contributed by atoms with van der Waals surface area (Å²) in [6.07, 6.45) is 0. The molecule has 0 aliphatic rings. The van der Waals surface area contributed by atoms with Gasteiger partial charge in [-0.15, -0.1) is 0 Å². The van der Waals surface area contributed by atoms with Crippen LogP contribution in [0.25, 0.3) is 0 Å². The average molecular weight is 256 g/mol. The lowest BCUT2D eigenvalue weighted by Crippen LogP contribution is -2.09. The molecule has 0 atom stereocenters. The Morgan fingerprint density at radius 1 is 0.737 bits per heavy atom. The van der Waals surface area contributed by atoms with Gasteiger partial charge in [-0.2, -0.15) is 0 Å². The van der Waals surface area contributed by atoms with Crippen LogP contribution >= 0.6 is 0 Å². The third-order valence-electron chi connectivity index (χ3n) is 3.18. The SMILES string of the molecule is Cc1ccc(OCCOc2ccccc2C)cc1C. The number of benzene rings is 2. The monoisotopic (exact) mass is 256 g/mol. The first-order chi connectivity index (χ1) is 9.16. The van der Waals surface area contributed by atoms with Crippen LogP contribution in [0.3, 0.4) is 0 Å². The Balaban J connectivity index is 1.81. The molecule has 0 saturated heterocycles. The molecule has 100 valence electrons. The largest absolute Gasteiger partial charge is 0.490 e. The molecule has 0 aromatic heterocycles. The first-order valence-corrected chi connectivity index (χ1v) is 6.55. The molecule has 0 saturated carbocycles. The lowest BCUT2D eigenvalue weighted by molar-refractivity contribution is 0.216. The first kappa shape index (κ1) is 13.5. The van der Waals surface area contributed by atoms with Crippen molar-refractivity contribution in [1.29, 1.82) is 0 Å². The van der Waals surface area contributed by atoms with E-state index >= 15 is 0 Å². The van der Waals surface area contributed by atoms with Crippen molar-refractivity contribution in [2.75, 3.05) is 13.2 Å². The summed E-state index contributed by atoms with van der Waals surface area (Å²) in [5.74, 6) is 1.82. The highest BCUT2D eigenvalue weighted by atomic mass is 16.5. The van der Waals surface area contributed by atoms with Gasteiger partial charge in [-0.05, 0) is 55.7 Å². The summed E-state index contributed by atoms with van der Waals surface area (Å²) in [7, 11) is 0. The number of rotatable bonds is 5. The average Bonchev–Trinajstić information content (AvgIpc) is 2.40. The quantitative estimate of drug-likeness (QED) is 0.751.